The minimum atomic E-state index is -4.29. The van der Waals surface area contributed by atoms with E-state index in [0.29, 0.717) is 0 Å². The van der Waals surface area contributed by atoms with Crippen LogP contribution in [0.15, 0.2) is 107 Å². The molecule has 0 saturated carbocycles. The molecule has 376 valence electrons. The minimum absolute atomic E-state index is 0.0524. The van der Waals surface area contributed by atoms with E-state index in [2.05, 4.69) is 37.5 Å². The van der Waals surface area contributed by atoms with Crippen molar-refractivity contribution >= 4 is 33.3 Å². The summed E-state index contributed by atoms with van der Waals surface area (Å²) >= 11 is 0. The Balaban J connectivity index is 0.000000261. The number of aromatic nitrogens is 2. The van der Waals surface area contributed by atoms with Crippen LogP contribution in [0.3, 0.4) is 0 Å². The molecule has 0 unspecified atom stereocenters. The van der Waals surface area contributed by atoms with Crippen molar-refractivity contribution in [3.05, 3.63) is 118 Å². The van der Waals surface area contributed by atoms with Crippen LogP contribution in [0.4, 0.5) is 0 Å². The first kappa shape index (κ1) is 54.5. The number of H-pyrrole nitrogens is 1. The van der Waals surface area contributed by atoms with Gasteiger partial charge in [0, 0.05) is 24.5 Å². The highest BCUT2D eigenvalue weighted by atomic mass is 31.2. The minimum Gasteiger partial charge on any atom is -0.468 e. The Hall–Kier alpha value is -6.41. The maximum Gasteiger partial charge on any atom is 0.459 e. The van der Waals surface area contributed by atoms with Crippen molar-refractivity contribution in [3.8, 4) is 36.2 Å². The van der Waals surface area contributed by atoms with Gasteiger partial charge in [-0.25, -0.2) is 13.9 Å². The van der Waals surface area contributed by atoms with Crippen molar-refractivity contribution in [2.75, 3.05) is 27.4 Å². The second kappa shape index (κ2) is 23.0. The van der Waals surface area contributed by atoms with Crippen LogP contribution in [0.1, 0.15) is 20.1 Å². The summed E-state index contributed by atoms with van der Waals surface area (Å²) in [7, 11) is -6.22. The number of rotatable bonds is 18. The second-order valence-corrected chi connectivity index (χ2v) is 18.6. The molecule has 1 amide bonds. The van der Waals surface area contributed by atoms with E-state index < -0.39 is 118 Å². The fourth-order valence-electron chi connectivity index (χ4n) is 6.69. The van der Waals surface area contributed by atoms with Crippen LogP contribution in [0, 0.1) is 24.7 Å². The monoisotopic (exact) mass is 1020 g/mol. The number of hydrogen-bond donors (Lipinski definition) is 8. The van der Waals surface area contributed by atoms with Crippen LogP contribution in [-0.4, -0.2) is 134 Å². The lowest BCUT2D eigenvalue weighted by Gasteiger charge is -2.36. The number of esters is 2. The zero-order valence-corrected chi connectivity index (χ0v) is 39.5. The van der Waals surface area contributed by atoms with E-state index in [1.165, 1.54) is 56.3 Å². The third-order valence-corrected chi connectivity index (χ3v) is 13.6. The molecule has 2 fully saturated rings. The number of aliphatic hydroxyl groups excluding tert-OH is 2. The van der Waals surface area contributed by atoms with Crippen molar-refractivity contribution < 1.29 is 81.0 Å². The number of amides is 1. The van der Waals surface area contributed by atoms with Gasteiger partial charge in [0.2, 0.25) is 0 Å². The van der Waals surface area contributed by atoms with Gasteiger partial charge >= 0.3 is 33.1 Å². The van der Waals surface area contributed by atoms with Gasteiger partial charge in [-0.05, 0) is 38.1 Å². The van der Waals surface area contributed by atoms with E-state index >= 15 is 0 Å². The Bertz CT molecular complexity index is 2710. The summed E-state index contributed by atoms with van der Waals surface area (Å²) in [4.78, 5) is 62.0. The molecule has 3 aliphatic rings. The predicted octanol–water partition coefficient (Wildman–Crippen LogP) is -0.278. The van der Waals surface area contributed by atoms with E-state index in [9.17, 15) is 53.5 Å². The number of methoxy groups -OCH3 is 2. The first-order chi connectivity index (χ1) is 33.0. The van der Waals surface area contributed by atoms with Crippen LogP contribution in [0.2, 0.25) is 0 Å². The molecule has 12 atom stereocenters. The van der Waals surface area contributed by atoms with Crippen LogP contribution < -0.4 is 35.8 Å². The third kappa shape index (κ3) is 12.7. The molecule has 27 heteroatoms. The highest BCUT2D eigenvalue weighted by Gasteiger charge is 2.58. The molecule has 6 rings (SSSR count). The average molecular weight is 1020 g/mol. The van der Waals surface area contributed by atoms with Crippen molar-refractivity contribution in [3.63, 3.8) is 0 Å². The number of carbonyl (C=O) groups excluding carboxylic acids is 3. The molecule has 8 N–H and O–H groups in total. The Morgan fingerprint density at radius 1 is 0.800 bits per heavy atom. The fraction of sp³-hybridized carbons (Fsp3) is 0.372. The molecule has 4 heterocycles. The molecule has 3 aromatic rings. The van der Waals surface area contributed by atoms with Gasteiger partial charge < -0.3 is 58.6 Å². The standard InChI is InChI=1S/C22H26N3O9P.C21H24N3O10P/c1-5-22(29)19(27)17(33-21(22)25-12-11-18(26)23-15(25)3)13-32-35(30,24-14(2)20(28)31-4)34-16-9-7-6-8-10-16;1-4-21(29)17(26)15(33-19(21)24-11-10-16(25)22-20(24)28)12-32-35(30,23-13(2)18(27)31-3)34-14-8-6-5-7-9-14/h1,6-12,14,17,19,21,27,29H,3,13H2,2,4H3,(H,23,26)(H,24,30);1,5-11,13,15,17,19,26,29H,12H2,2-3H3,(H,23,30)(H,22,25,28)/t14-,17+,19+,21+,22+,35-;13-,15+,17+,19+,21+,35+/m00/s1. The van der Waals surface area contributed by atoms with E-state index in [1.807, 2.05) is 10.9 Å². The van der Waals surface area contributed by atoms with Crippen LogP contribution in [0.5, 0.6) is 11.5 Å². The zero-order chi connectivity index (χ0) is 51.6. The summed E-state index contributed by atoms with van der Waals surface area (Å²) in [5.41, 5.74) is -6.30. The number of carbonyl (C=O) groups is 3. The molecular formula is C43H50N6O19P2. The zero-order valence-electron chi connectivity index (χ0n) is 37.7. The summed E-state index contributed by atoms with van der Waals surface area (Å²) in [5.74, 6) is 2.57. The maximum absolute atomic E-state index is 13.5. The number of nitrogens with zero attached hydrogens (tertiary/aromatic N) is 2. The van der Waals surface area contributed by atoms with Crippen molar-refractivity contribution in [1.82, 2.24) is 29.9 Å². The van der Waals surface area contributed by atoms with Gasteiger partial charge in [-0.1, -0.05) is 54.8 Å². The lowest BCUT2D eigenvalue weighted by atomic mass is 9.94. The number of aliphatic hydroxyl groups is 4. The molecule has 0 spiro atoms. The Labute approximate surface area is 399 Å². The SMILES string of the molecule is C#C[C@@]1(O)[C@H](O)[C@@H](CO[P@@](=O)(N[C@@H](C)C(=O)OC)Oc2ccccc2)O[C@H]1N1C=CC(=O)NC1=C.C#C[C@@]1(O)[C@H](O)[C@@H](CO[P@](=O)(N[C@@H](C)C(=O)OC)Oc2ccccc2)O[C@H]1n1ccc(=O)[nH]c1=O. The Morgan fingerprint density at radius 3 is 1.66 bits per heavy atom. The molecule has 0 radical (unpaired) electrons. The summed E-state index contributed by atoms with van der Waals surface area (Å²) in [5, 5.41) is 50.6. The van der Waals surface area contributed by atoms with Crippen molar-refractivity contribution in [1.29, 1.82) is 0 Å². The number of para-hydroxylation sites is 2. The van der Waals surface area contributed by atoms with E-state index in [-0.39, 0.29) is 17.3 Å². The molecule has 2 aromatic carbocycles. The number of benzene rings is 2. The van der Waals surface area contributed by atoms with Crippen LogP contribution >= 0.6 is 15.5 Å². The maximum atomic E-state index is 13.5. The highest BCUT2D eigenvalue weighted by Crippen LogP contribution is 2.48. The molecule has 25 nitrogen and oxygen atoms in total. The second-order valence-electron chi connectivity index (χ2n) is 15.2. The number of aromatic amines is 1. The quantitative estimate of drug-likeness (QED) is 0.0462. The van der Waals surface area contributed by atoms with Gasteiger partial charge in [-0.3, -0.25) is 37.8 Å². The van der Waals surface area contributed by atoms with Gasteiger partial charge in [-0.15, -0.1) is 12.8 Å². The normalized spacial score (nSPS) is 27.4. The fourth-order valence-corrected chi connectivity index (χ4v) is 9.69. The van der Waals surface area contributed by atoms with E-state index in [4.69, 9.17) is 40.4 Å². The lowest BCUT2D eigenvalue weighted by Crippen LogP contribution is -2.54. The van der Waals surface area contributed by atoms with Gasteiger partial charge in [0.1, 0.15) is 53.8 Å². The Morgan fingerprint density at radius 2 is 1.24 bits per heavy atom. The molecular weight excluding hydrogens is 966 g/mol. The highest BCUT2D eigenvalue weighted by molar-refractivity contribution is 7.52. The summed E-state index contributed by atoms with van der Waals surface area (Å²) in [6.45, 7) is 5.23. The topological polar surface area (TPSA) is 334 Å². The van der Waals surface area contributed by atoms with Gasteiger partial charge in [0.15, 0.2) is 23.7 Å². The van der Waals surface area contributed by atoms with Crippen LogP contribution in [-0.2, 0) is 51.5 Å². The third-order valence-electron chi connectivity index (χ3n) is 10.3. The molecule has 3 aliphatic heterocycles. The first-order valence-corrected chi connectivity index (χ1v) is 23.7. The lowest BCUT2D eigenvalue weighted by molar-refractivity contribution is -0.143. The summed E-state index contributed by atoms with van der Waals surface area (Å²) in [6, 6.07) is 14.8. The van der Waals surface area contributed by atoms with E-state index in [1.54, 1.807) is 36.4 Å². The number of terminal acetylenes is 2. The summed E-state index contributed by atoms with van der Waals surface area (Å²) in [6.07, 6.45) is 5.22. The van der Waals surface area contributed by atoms with Crippen molar-refractivity contribution in [2.45, 2.75) is 74.0 Å². The first-order valence-electron chi connectivity index (χ1n) is 20.6. The largest absolute Gasteiger partial charge is 0.468 e. The van der Waals surface area contributed by atoms with Gasteiger partial charge in [-0.2, -0.15) is 10.2 Å². The molecule has 0 bridgehead atoms. The van der Waals surface area contributed by atoms with E-state index in [0.717, 1.165) is 30.0 Å². The molecule has 1 aromatic heterocycles. The van der Waals surface area contributed by atoms with Gasteiger partial charge in [0.05, 0.1) is 27.4 Å². The molecule has 0 aliphatic carbocycles. The van der Waals surface area contributed by atoms with Crippen LogP contribution in [0.25, 0.3) is 0 Å². The molecule has 70 heavy (non-hydrogen) atoms. The van der Waals surface area contributed by atoms with Crippen molar-refractivity contribution in [2.24, 2.45) is 0 Å². The average Bonchev–Trinajstić information content (AvgIpc) is 3.74. The number of nitrogens with one attached hydrogen (secondary N) is 4. The number of ether oxygens (including phenoxy) is 4. The van der Waals surface area contributed by atoms with Gasteiger partial charge in [0.25, 0.3) is 11.5 Å². The molecule has 2 saturated heterocycles. The number of hydrogen-bond acceptors (Lipinski definition) is 20. The summed E-state index contributed by atoms with van der Waals surface area (Å²) < 4.78 is 70.2. The predicted molar refractivity (Wildman–Crippen MR) is 242 cm³/mol. The Kier molecular flexibility index (Phi) is 17.9. The smallest absolute Gasteiger partial charge is 0.459 e.